The molecule has 0 saturated heterocycles. The van der Waals surface area contributed by atoms with Gasteiger partial charge in [-0.25, -0.2) is 0 Å². The van der Waals surface area contributed by atoms with E-state index in [9.17, 15) is 15.3 Å². The first-order valence-corrected chi connectivity index (χ1v) is 9.59. The molecule has 0 bridgehead atoms. The van der Waals surface area contributed by atoms with Gasteiger partial charge in [0.05, 0.1) is 31.4 Å². The fourth-order valence-electron chi connectivity index (χ4n) is 2.85. The summed E-state index contributed by atoms with van der Waals surface area (Å²) in [4.78, 5) is 8.73. The van der Waals surface area contributed by atoms with Crippen LogP contribution in [0.5, 0.6) is 0 Å². The SMILES string of the molecule is CC(CC(O)c1ccccc1)=NCC(O)CN=C(C)CC(O)c1ccccc1. The Balaban J connectivity index is 1.76. The minimum atomic E-state index is -0.687. The van der Waals surface area contributed by atoms with Crippen molar-refractivity contribution in [2.75, 3.05) is 13.1 Å². The van der Waals surface area contributed by atoms with Gasteiger partial charge in [0.1, 0.15) is 0 Å². The minimum absolute atomic E-state index is 0.241. The molecule has 0 aromatic heterocycles. The van der Waals surface area contributed by atoms with E-state index < -0.39 is 18.3 Å². The lowest BCUT2D eigenvalue weighted by atomic mass is 10.0. The predicted molar refractivity (Wildman–Crippen MR) is 114 cm³/mol. The third-order valence-corrected chi connectivity index (χ3v) is 4.49. The molecule has 2 aromatic carbocycles. The average molecular weight is 383 g/mol. The van der Waals surface area contributed by atoms with Gasteiger partial charge >= 0.3 is 0 Å². The molecule has 0 aliphatic carbocycles. The Labute approximate surface area is 167 Å². The lowest BCUT2D eigenvalue weighted by molar-refractivity contribution is 0.182. The van der Waals surface area contributed by atoms with E-state index in [1.54, 1.807) is 0 Å². The van der Waals surface area contributed by atoms with E-state index in [1.807, 2.05) is 74.5 Å². The maximum atomic E-state index is 10.2. The molecule has 2 unspecified atom stereocenters. The zero-order valence-corrected chi connectivity index (χ0v) is 16.6. The number of nitrogens with zero attached hydrogens (tertiary/aromatic N) is 2. The van der Waals surface area contributed by atoms with Gasteiger partial charge in [0.15, 0.2) is 0 Å². The van der Waals surface area contributed by atoms with Crippen LogP contribution < -0.4 is 0 Å². The van der Waals surface area contributed by atoms with Crippen molar-refractivity contribution < 1.29 is 15.3 Å². The summed E-state index contributed by atoms with van der Waals surface area (Å²) in [5, 5.41) is 30.6. The van der Waals surface area contributed by atoms with Gasteiger partial charge in [-0.1, -0.05) is 60.7 Å². The summed E-state index contributed by atoms with van der Waals surface area (Å²) in [5.41, 5.74) is 3.29. The summed E-state index contributed by atoms with van der Waals surface area (Å²) in [6, 6.07) is 18.9. The third-order valence-electron chi connectivity index (χ3n) is 4.49. The Morgan fingerprint density at radius 2 is 1.04 bits per heavy atom. The van der Waals surface area contributed by atoms with Crippen LogP contribution in [0.4, 0.5) is 0 Å². The number of aliphatic hydroxyl groups excluding tert-OH is 3. The first-order chi connectivity index (χ1) is 13.5. The van der Waals surface area contributed by atoms with Crippen LogP contribution in [0.2, 0.25) is 0 Å². The molecule has 0 aliphatic rings. The lowest BCUT2D eigenvalue weighted by Crippen LogP contribution is -2.17. The molecule has 3 N–H and O–H groups in total. The van der Waals surface area contributed by atoms with E-state index in [2.05, 4.69) is 9.98 Å². The zero-order chi connectivity index (χ0) is 20.4. The molecule has 28 heavy (non-hydrogen) atoms. The van der Waals surface area contributed by atoms with Gasteiger partial charge in [-0.05, 0) is 25.0 Å². The van der Waals surface area contributed by atoms with E-state index in [0.717, 1.165) is 22.6 Å². The third kappa shape index (κ3) is 7.72. The van der Waals surface area contributed by atoms with Gasteiger partial charge in [0, 0.05) is 24.3 Å². The average Bonchev–Trinajstić information content (AvgIpc) is 2.72. The second-order valence-corrected chi connectivity index (χ2v) is 7.07. The Morgan fingerprint density at radius 1 is 0.679 bits per heavy atom. The van der Waals surface area contributed by atoms with Gasteiger partial charge in [-0.15, -0.1) is 0 Å². The highest BCUT2D eigenvalue weighted by molar-refractivity contribution is 5.83. The molecular formula is C23H30N2O3. The van der Waals surface area contributed by atoms with Crippen LogP contribution in [0.3, 0.4) is 0 Å². The van der Waals surface area contributed by atoms with E-state index in [-0.39, 0.29) is 13.1 Å². The first-order valence-electron chi connectivity index (χ1n) is 9.59. The summed E-state index contributed by atoms with van der Waals surface area (Å²) in [6.45, 7) is 4.18. The molecule has 0 radical (unpaired) electrons. The largest absolute Gasteiger partial charge is 0.389 e. The van der Waals surface area contributed by atoms with E-state index >= 15 is 0 Å². The molecule has 150 valence electrons. The maximum absolute atomic E-state index is 10.2. The van der Waals surface area contributed by atoms with Gasteiger partial charge in [0.2, 0.25) is 0 Å². The van der Waals surface area contributed by atoms with Gasteiger partial charge in [-0.2, -0.15) is 0 Å². The molecule has 0 saturated carbocycles. The summed E-state index contributed by atoms with van der Waals surface area (Å²) in [7, 11) is 0. The number of aliphatic imine (C=N–C) groups is 2. The Kier molecular flexibility index (Phi) is 9.01. The molecule has 0 spiro atoms. The van der Waals surface area contributed by atoms with Crippen molar-refractivity contribution in [2.24, 2.45) is 9.98 Å². The van der Waals surface area contributed by atoms with Crippen LogP contribution in [-0.4, -0.2) is 45.9 Å². The Hall–Kier alpha value is -2.34. The van der Waals surface area contributed by atoms with Gasteiger partial charge in [0.25, 0.3) is 0 Å². The zero-order valence-electron chi connectivity index (χ0n) is 16.6. The number of benzene rings is 2. The number of aliphatic hydroxyl groups is 3. The molecular weight excluding hydrogens is 352 g/mol. The number of hydrogen-bond acceptors (Lipinski definition) is 5. The van der Waals surface area contributed by atoms with Crippen LogP contribution in [0, 0.1) is 0 Å². The van der Waals surface area contributed by atoms with Gasteiger partial charge in [-0.3, -0.25) is 9.98 Å². The van der Waals surface area contributed by atoms with Crippen LogP contribution in [-0.2, 0) is 0 Å². The summed E-state index contributed by atoms with van der Waals surface area (Å²) >= 11 is 0. The van der Waals surface area contributed by atoms with E-state index in [1.165, 1.54) is 0 Å². The molecule has 2 aromatic rings. The monoisotopic (exact) mass is 382 g/mol. The van der Waals surface area contributed by atoms with Crippen LogP contribution >= 0.6 is 0 Å². The molecule has 0 heterocycles. The normalized spacial score (nSPS) is 15.9. The molecule has 0 fully saturated rings. The fraction of sp³-hybridized carbons (Fsp3) is 0.391. The van der Waals surface area contributed by atoms with Crippen molar-refractivity contribution in [1.82, 2.24) is 0 Å². The topological polar surface area (TPSA) is 85.4 Å². The number of hydrogen-bond donors (Lipinski definition) is 3. The van der Waals surface area contributed by atoms with Crippen molar-refractivity contribution in [2.45, 2.75) is 45.0 Å². The second kappa shape index (κ2) is 11.5. The van der Waals surface area contributed by atoms with Crippen molar-refractivity contribution in [3.8, 4) is 0 Å². The smallest absolute Gasteiger partial charge is 0.0929 e. The van der Waals surface area contributed by atoms with Crippen LogP contribution in [0.15, 0.2) is 70.6 Å². The Morgan fingerprint density at radius 3 is 1.39 bits per heavy atom. The first kappa shape index (κ1) is 22.0. The standard InChI is InChI=1S/C23H30N2O3/c1-17(13-22(27)19-9-5-3-6-10-19)24-15-21(26)16-25-18(2)14-23(28)20-11-7-4-8-12-20/h3-12,21-23,26-28H,13-16H2,1-2H3. The molecule has 0 aliphatic heterocycles. The van der Waals surface area contributed by atoms with Crippen molar-refractivity contribution in [1.29, 1.82) is 0 Å². The van der Waals surface area contributed by atoms with E-state index in [4.69, 9.17) is 0 Å². The summed E-state index contributed by atoms with van der Waals surface area (Å²) in [6.07, 6.45) is -1.01. The van der Waals surface area contributed by atoms with Crippen molar-refractivity contribution in [3.63, 3.8) is 0 Å². The quantitative estimate of drug-likeness (QED) is 0.550. The number of rotatable bonds is 10. The molecule has 5 heteroatoms. The van der Waals surface area contributed by atoms with Crippen LogP contribution in [0.25, 0.3) is 0 Å². The summed E-state index contributed by atoms with van der Waals surface area (Å²) in [5.74, 6) is 0. The molecule has 5 nitrogen and oxygen atoms in total. The van der Waals surface area contributed by atoms with Gasteiger partial charge < -0.3 is 15.3 Å². The predicted octanol–water partition coefficient (Wildman–Crippen LogP) is 3.52. The highest BCUT2D eigenvalue weighted by Crippen LogP contribution is 2.17. The maximum Gasteiger partial charge on any atom is 0.0929 e. The summed E-state index contributed by atoms with van der Waals surface area (Å²) < 4.78 is 0. The van der Waals surface area contributed by atoms with Crippen LogP contribution in [0.1, 0.15) is 50.0 Å². The van der Waals surface area contributed by atoms with E-state index in [0.29, 0.717) is 12.8 Å². The fourth-order valence-corrected chi connectivity index (χ4v) is 2.85. The molecule has 0 amide bonds. The Bertz CT molecular complexity index is 694. The molecule has 2 rings (SSSR count). The highest BCUT2D eigenvalue weighted by atomic mass is 16.3. The van der Waals surface area contributed by atoms with Crippen molar-refractivity contribution in [3.05, 3.63) is 71.8 Å². The molecule has 2 atom stereocenters. The van der Waals surface area contributed by atoms with Crippen molar-refractivity contribution >= 4 is 11.4 Å². The minimum Gasteiger partial charge on any atom is -0.389 e. The second-order valence-electron chi connectivity index (χ2n) is 7.07. The lowest BCUT2D eigenvalue weighted by Gasteiger charge is -2.12. The highest BCUT2D eigenvalue weighted by Gasteiger charge is 2.11.